The molecule has 1 aliphatic heterocycles. The average molecular weight is 401 g/mol. The van der Waals surface area contributed by atoms with Crippen molar-refractivity contribution >= 4 is 11.6 Å². The zero-order valence-corrected chi connectivity index (χ0v) is 16.2. The molecule has 4 atom stereocenters. The summed E-state index contributed by atoms with van der Waals surface area (Å²) in [5.41, 5.74) is 8.69. The highest BCUT2D eigenvalue weighted by Gasteiger charge is 2.40. The van der Waals surface area contributed by atoms with E-state index in [1.807, 2.05) is 19.1 Å². The third-order valence-corrected chi connectivity index (χ3v) is 4.94. The molecule has 0 aromatic carbocycles. The number of carbonyl (C=O) groups excluding carboxylic acids is 1. The summed E-state index contributed by atoms with van der Waals surface area (Å²) in [6.07, 6.45) is 1.83. The minimum absolute atomic E-state index is 0.0670. The molecular formula is C19H24FN7O2. The Balaban J connectivity index is 1.87. The number of nitrogens with one attached hydrogen (secondary N) is 2. The van der Waals surface area contributed by atoms with Gasteiger partial charge in [-0.3, -0.25) is 25.0 Å². The molecule has 2 aromatic rings. The van der Waals surface area contributed by atoms with Crippen LogP contribution in [0.4, 0.5) is 10.1 Å². The predicted molar refractivity (Wildman–Crippen MR) is 107 cm³/mol. The summed E-state index contributed by atoms with van der Waals surface area (Å²) < 4.78 is 13.6. The first kappa shape index (κ1) is 20.9. The number of amides is 1. The van der Waals surface area contributed by atoms with Gasteiger partial charge in [-0.05, 0) is 26.1 Å². The number of carbonyl (C=O) groups is 1. The minimum atomic E-state index is -1.30. The van der Waals surface area contributed by atoms with Crippen molar-refractivity contribution in [3.05, 3.63) is 47.4 Å². The average Bonchev–Trinajstić information content (AvgIpc) is 2.71. The zero-order chi connectivity index (χ0) is 21.0. The lowest BCUT2D eigenvalue weighted by atomic mass is 9.98. The van der Waals surface area contributed by atoms with Crippen LogP contribution >= 0.6 is 0 Å². The van der Waals surface area contributed by atoms with Gasteiger partial charge in [-0.2, -0.15) is 0 Å². The Morgan fingerprint density at radius 1 is 1.41 bits per heavy atom. The molecule has 0 spiro atoms. The quantitative estimate of drug-likeness (QED) is 0.622. The molecule has 0 radical (unpaired) electrons. The highest BCUT2D eigenvalue weighted by Crippen LogP contribution is 2.28. The lowest BCUT2D eigenvalue weighted by Gasteiger charge is -2.39. The Bertz CT molecular complexity index is 864. The summed E-state index contributed by atoms with van der Waals surface area (Å²) in [7, 11) is 1.66. The van der Waals surface area contributed by atoms with Gasteiger partial charge in [0.2, 0.25) is 5.91 Å². The molecule has 4 N–H and O–H groups in total. The van der Waals surface area contributed by atoms with Crippen LogP contribution in [-0.2, 0) is 4.79 Å². The van der Waals surface area contributed by atoms with E-state index in [4.69, 9.17) is 5.73 Å². The second-order valence-corrected chi connectivity index (χ2v) is 7.11. The maximum atomic E-state index is 13.6. The standard InChI is InChI=1S/C19H24FN7O2/c1-11-3-4-12(7-23-11)14-5-6-22-9-15(14)25-19(28)16(17(21)26-29)18-24-8-13(20)10-27(18)2/h3-7,9,13,16-18,24H,8,10,21H2,1-2H3,(H,25,28). The number of anilines is 1. The Labute approximate surface area is 167 Å². The number of pyridine rings is 2. The molecule has 0 saturated carbocycles. The third-order valence-electron chi connectivity index (χ3n) is 4.94. The van der Waals surface area contributed by atoms with E-state index in [1.165, 1.54) is 6.20 Å². The van der Waals surface area contributed by atoms with Gasteiger partial charge in [-0.15, -0.1) is 4.91 Å². The lowest BCUT2D eigenvalue weighted by molar-refractivity contribution is -0.124. The number of nitrogens with zero attached hydrogens (tertiary/aromatic N) is 4. The normalized spacial score (nSPS) is 21.9. The number of rotatable bonds is 6. The van der Waals surface area contributed by atoms with Crippen LogP contribution in [-0.4, -0.2) is 59.4 Å². The van der Waals surface area contributed by atoms with E-state index in [0.29, 0.717) is 5.69 Å². The number of nitrogens with two attached hydrogens (primary N) is 1. The Kier molecular flexibility index (Phi) is 6.57. The van der Waals surface area contributed by atoms with Gasteiger partial charge in [-0.1, -0.05) is 11.2 Å². The van der Waals surface area contributed by atoms with Crippen LogP contribution < -0.4 is 16.4 Å². The fourth-order valence-electron chi connectivity index (χ4n) is 3.44. The topological polar surface area (TPSA) is 126 Å². The molecule has 10 heteroatoms. The van der Waals surface area contributed by atoms with Crippen LogP contribution in [0.2, 0.25) is 0 Å². The van der Waals surface area contributed by atoms with E-state index in [9.17, 15) is 14.1 Å². The highest BCUT2D eigenvalue weighted by molar-refractivity contribution is 5.97. The number of hydrogen-bond donors (Lipinski definition) is 3. The van der Waals surface area contributed by atoms with Crippen LogP contribution in [0, 0.1) is 17.7 Å². The van der Waals surface area contributed by atoms with E-state index < -0.39 is 30.3 Å². The number of alkyl halides is 1. The molecule has 2 aromatic heterocycles. The number of hydrogen-bond acceptors (Lipinski definition) is 8. The summed E-state index contributed by atoms with van der Waals surface area (Å²) in [5.74, 6) is -1.53. The fourth-order valence-corrected chi connectivity index (χ4v) is 3.44. The Morgan fingerprint density at radius 3 is 2.86 bits per heavy atom. The number of halogens is 1. The van der Waals surface area contributed by atoms with Gasteiger partial charge in [-0.25, -0.2) is 4.39 Å². The van der Waals surface area contributed by atoms with Gasteiger partial charge in [0.25, 0.3) is 0 Å². The molecule has 29 heavy (non-hydrogen) atoms. The summed E-state index contributed by atoms with van der Waals surface area (Å²) in [5, 5.41) is 8.59. The van der Waals surface area contributed by atoms with Crippen LogP contribution in [0.25, 0.3) is 11.1 Å². The van der Waals surface area contributed by atoms with Gasteiger partial charge in [0.05, 0.1) is 18.1 Å². The predicted octanol–water partition coefficient (Wildman–Crippen LogP) is 1.26. The van der Waals surface area contributed by atoms with Crippen molar-refractivity contribution < 1.29 is 9.18 Å². The van der Waals surface area contributed by atoms with Gasteiger partial charge in [0.15, 0.2) is 6.17 Å². The minimum Gasteiger partial charge on any atom is -0.324 e. The molecule has 154 valence electrons. The van der Waals surface area contributed by atoms with Crippen molar-refractivity contribution in [1.29, 1.82) is 0 Å². The van der Waals surface area contributed by atoms with E-state index in [0.717, 1.165) is 16.8 Å². The molecule has 3 heterocycles. The SMILES string of the molecule is Cc1ccc(-c2ccncc2NC(=O)C(C(N)N=O)C2NCC(F)CN2C)cn1. The number of aryl methyl sites for hydroxylation is 1. The van der Waals surface area contributed by atoms with Crippen molar-refractivity contribution in [3.63, 3.8) is 0 Å². The van der Waals surface area contributed by atoms with Crippen molar-refractivity contribution in [1.82, 2.24) is 20.2 Å². The molecule has 1 amide bonds. The maximum Gasteiger partial charge on any atom is 0.234 e. The van der Waals surface area contributed by atoms with E-state index in [1.54, 1.807) is 30.4 Å². The summed E-state index contributed by atoms with van der Waals surface area (Å²) >= 11 is 0. The van der Waals surface area contributed by atoms with Gasteiger partial charge >= 0.3 is 0 Å². The maximum absolute atomic E-state index is 13.6. The van der Waals surface area contributed by atoms with Crippen molar-refractivity contribution in [2.24, 2.45) is 16.8 Å². The van der Waals surface area contributed by atoms with E-state index in [-0.39, 0.29) is 13.1 Å². The van der Waals surface area contributed by atoms with Crippen LogP contribution in [0.15, 0.2) is 42.0 Å². The molecule has 4 unspecified atom stereocenters. The number of aromatic nitrogens is 2. The van der Waals surface area contributed by atoms with E-state index in [2.05, 4.69) is 25.8 Å². The van der Waals surface area contributed by atoms with Crippen LogP contribution in [0.1, 0.15) is 5.69 Å². The van der Waals surface area contributed by atoms with Gasteiger partial charge in [0.1, 0.15) is 12.1 Å². The van der Waals surface area contributed by atoms with Crippen LogP contribution in [0.5, 0.6) is 0 Å². The summed E-state index contributed by atoms with van der Waals surface area (Å²) in [6, 6.07) is 5.51. The Hall–Kier alpha value is -2.82. The molecule has 1 aliphatic rings. The monoisotopic (exact) mass is 401 g/mol. The molecule has 1 fully saturated rings. The van der Waals surface area contributed by atoms with Crippen molar-refractivity contribution in [2.75, 3.05) is 25.5 Å². The summed E-state index contributed by atoms with van der Waals surface area (Å²) in [4.78, 5) is 34.2. The lowest BCUT2D eigenvalue weighted by Crippen LogP contribution is -2.62. The molecule has 9 nitrogen and oxygen atoms in total. The first-order chi connectivity index (χ1) is 13.9. The molecule has 0 bridgehead atoms. The summed E-state index contributed by atoms with van der Waals surface area (Å²) in [6.45, 7) is 2.07. The molecular weight excluding hydrogens is 377 g/mol. The fraction of sp³-hybridized carbons (Fsp3) is 0.421. The first-order valence-corrected chi connectivity index (χ1v) is 9.24. The number of nitroso groups, excluding NO2 is 1. The molecule has 1 saturated heterocycles. The second-order valence-electron chi connectivity index (χ2n) is 7.11. The smallest absolute Gasteiger partial charge is 0.234 e. The zero-order valence-electron chi connectivity index (χ0n) is 16.2. The van der Waals surface area contributed by atoms with Gasteiger partial charge in [0, 0.05) is 42.3 Å². The van der Waals surface area contributed by atoms with Crippen molar-refractivity contribution in [3.8, 4) is 11.1 Å². The molecule has 3 rings (SSSR count). The van der Waals surface area contributed by atoms with Crippen molar-refractivity contribution in [2.45, 2.75) is 25.4 Å². The van der Waals surface area contributed by atoms with Gasteiger partial charge < -0.3 is 11.1 Å². The molecule has 0 aliphatic carbocycles. The third kappa shape index (κ3) is 4.78. The second kappa shape index (κ2) is 9.12. The Morgan fingerprint density at radius 2 is 2.21 bits per heavy atom. The van der Waals surface area contributed by atoms with E-state index >= 15 is 0 Å². The largest absolute Gasteiger partial charge is 0.324 e. The van der Waals surface area contributed by atoms with Crippen LogP contribution in [0.3, 0.4) is 0 Å². The highest BCUT2D eigenvalue weighted by atomic mass is 19.1. The first-order valence-electron chi connectivity index (χ1n) is 9.24.